The SMILES string of the molecule is Cc1cccc(Cn2nc(C(=O)O)cc2C(C)C)c1. The first-order valence-corrected chi connectivity index (χ1v) is 6.34. The number of rotatable bonds is 4. The highest BCUT2D eigenvalue weighted by molar-refractivity contribution is 5.85. The number of nitrogens with zero attached hydrogens (tertiary/aromatic N) is 2. The highest BCUT2D eigenvalue weighted by atomic mass is 16.4. The fourth-order valence-corrected chi connectivity index (χ4v) is 2.11. The van der Waals surface area contributed by atoms with E-state index in [9.17, 15) is 4.79 Å². The topological polar surface area (TPSA) is 55.1 Å². The van der Waals surface area contributed by atoms with Crippen LogP contribution < -0.4 is 0 Å². The van der Waals surface area contributed by atoms with Crippen LogP contribution in [0.25, 0.3) is 0 Å². The van der Waals surface area contributed by atoms with Gasteiger partial charge >= 0.3 is 5.97 Å². The fraction of sp³-hybridized carbons (Fsp3) is 0.333. The molecular formula is C15H18N2O2. The van der Waals surface area contributed by atoms with Crippen LogP contribution in [0.3, 0.4) is 0 Å². The molecule has 0 radical (unpaired) electrons. The number of carbonyl (C=O) groups is 1. The zero-order valence-corrected chi connectivity index (χ0v) is 11.4. The van der Waals surface area contributed by atoms with Crippen LogP contribution in [-0.2, 0) is 6.54 Å². The molecule has 1 aromatic carbocycles. The van der Waals surface area contributed by atoms with Crippen molar-refractivity contribution >= 4 is 5.97 Å². The predicted octanol–water partition coefficient (Wildman–Crippen LogP) is 3.06. The predicted molar refractivity (Wildman–Crippen MR) is 73.6 cm³/mol. The molecule has 0 unspecified atom stereocenters. The Hall–Kier alpha value is -2.10. The largest absolute Gasteiger partial charge is 0.476 e. The zero-order chi connectivity index (χ0) is 14.0. The number of aryl methyl sites for hydroxylation is 1. The molecule has 4 heteroatoms. The van der Waals surface area contributed by atoms with Gasteiger partial charge in [0, 0.05) is 5.69 Å². The van der Waals surface area contributed by atoms with Gasteiger partial charge in [-0.05, 0) is 24.5 Å². The Bertz CT molecular complexity index is 600. The van der Waals surface area contributed by atoms with Crippen LogP contribution in [0, 0.1) is 6.92 Å². The number of carboxylic acid groups (broad SMARTS) is 1. The molecule has 0 saturated heterocycles. The molecule has 0 amide bonds. The Balaban J connectivity index is 2.35. The molecule has 0 aliphatic carbocycles. The van der Waals surface area contributed by atoms with E-state index in [1.165, 1.54) is 5.56 Å². The van der Waals surface area contributed by atoms with E-state index in [4.69, 9.17) is 5.11 Å². The molecule has 0 bridgehead atoms. The van der Waals surface area contributed by atoms with Gasteiger partial charge in [0.15, 0.2) is 5.69 Å². The summed E-state index contributed by atoms with van der Waals surface area (Å²) in [6, 6.07) is 9.81. The molecule has 0 spiro atoms. The third kappa shape index (κ3) is 3.02. The maximum Gasteiger partial charge on any atom is 0.356 e. The molecule has 0 atom stereocenters. The van der Waals surface area contributed by atoms with Crippen LogP contribution >= 0.6 is 0 Å². The van der Waals surface area contributed by atoms with Crippen molar-refractivity contribution < 1.29 is 9.90 Å². The van der Waals surface area contributed by atoms with Gasteiger partial charge in [0.25, 0.3) is 0 Å². The second-order valence-corrected chi connectivity index (χ2v) is 5.06. The lowest BCUT2D eigenvalue weighted by Gasteiger charge is -2.10. The molecular weight excluding hydrogens is 240 g/mol. The third-order valence-corrected chi connectivity index (χ3v) is 3.04. The van der Waals surface area contributed by atoms with E-state index < -0.39 is 5.97 Å². The number of aromatic carboxylic acids is 1. The highest BCUT2D eigenvalue weighted by Gasteiger charge is 2.15. The molecule has 0 saturated carbocycles. The third-order valence-electron chi connectivity index (χ3n) is 3.04. The summed E-state index contributed by atoms with van der Waals surface area (Å²) >= 11 is 0. The van der Waals surface area contributed by atoms with Gasteiger partial charge < -0.3 is 5.11 Å². The van der Waals surface area contributed by atoms with E-state index in [-0.39, 0.29) is 11.6 Å². The number of carboxylic acids is 1. The molecule has 2 aromatic rings. The van der Waals surface area contributed by atoms with Gasteiger partial charge in [-0.15, -0.1) is 0 Å². The Morgan fingerprint density at radius 3 is 2.68 bits per heavy atom. The van der Waals surface area contributed by atoms with Crippen molar-refractivity contribution in [2.45, 2.75) is 33.2 Å². The summed E-state index contributed by atoms with van der Waals surface area (Å²) < 4.78 is 1.78. The summed E-state index contributed by atoms with van der Waals surface area (Å²) in [5, 5.41) is 13.2. The molecule has 0 fully saturated rings. The summed E-state index contributed by atoms with van der Waals surface area (Å²) in [6.07, 6.45) is 0. The van der Waals surface area contributed by atoms with Crippen LogP contribution in [0.1, 0.15) is 47.1 Å². The van der Waals surface area contributed by atoms with E-state index in [1.54, 1.807) is 10.7 Å². The van der Waals surface area contributed by atoms with Gasteiger partial charge in [0.1, 0.15) is 0 Å². The van der Waals surface area contributed by atoms with Crippen molar-refractivity contribution in [3.05, 3.63) is 52.8 Å². The van der Waals surface area contributed by atoms with E-state index in [2.05, 4.69) is 11.2 Å². The van der Waals surface area contributed by atoms with Crippen LogP contribution in [0.15, 0.2) is 30.3 Å². The van der Waals surface area contributed by atoms with Crippen molar-refractivity contribution in [2.24, 2.45) is 0 Å². The molecule has 2 rings (SSSR count). The molecule has 19 heavy (non-hydrogen) atoms. The number of benzene rings is 1. The standard InChI is InChI=1S/C15H18N2O2/c1-10(2)14-8-13(15(18)19)16-17(14)9-12-6-4-5-11(3)7-12/h4-8,10H,9H2,1-3H3,(H,18,19). The van der Waals surface area contributed by atoms with Crippen LogP contribution in [0.4, 0.5) is 0 Å². The minimum absolute atomic E-state index is 0.108. The summed E-state index contributed by atoms with van der Waals surface area (Å²) in [7, 11) is 0. The molecule has 1 N–H and O–H groups in total. The first-order chi connectivity index (χ1) is 8.97. The average Bonchev–Trinajstić information content (AvgIpc) is 2.73. The van der Waals surface area contributed by atoms with E-state index in [0.717, 1.165) is 11.3 Å². The molecule has 1 aromatic heterocycles. The number of hydrogen-bond acceptors (Lipinski definition) is 2. The molecule has 100 valence electrons. The Morgan fingerprint density at radius 1 is 1.37 bits per heavy atom. The second kappa shape index (κ2) is 5.26. The van der Waals surface area contributed by atoms with Crippen LogP contribution in [-0.4, -0.2) is 20.9 Å². The molecule has 0 aliphatic heterocycles. The maximum atomic E-state index is 11.0. The second-order valence-electron chi connectivity index (χ2n) is 5.06. The molecule has 1 heterocycles. The quantitative estimate of drug-likeness (QED) is 0.917. The van der Waals surface area contributed by atoms with Crippen molar-refractivity contribution in [2.75, 3.05) is 0 Å². The summed E-state index contributed by atoms with van der Waals surface area (Å²) in [6.45, 7) is 6.71. The first kappa shape index (κ1) is 13.3. The average molecular weight is 258 g/mol. The van der Waals surface area contributed by atoms with Crippen LogP contribution in [0.5, 0.6) is 0 Å². The Morgan fingerprint density at radius 2 is 2.11 bits per heavy atom. The summed E-state index contributed by atoms with van der Waals surface area (Å²) in [4.78, 5) is 11.0. The normalized spacial score (nSPS) is 10.9. The minimum atomic E-state index is -0.982. The summed E-state index contributed by atoms with van der Waals surface area (Å²) in [5.74, 6) is -0.740. The number of aromatic nitrogens is 2. The Labute approximate surface area is 112 Å². The molecule has 0 aliphatic rings. The van der Waals surface area contributed by atoms with Crippen molar-refractivity contribution in [3.8, 4) is 0 Å². The lowest BCUT2D eigenvalue weighted by atomic mass is 10.1. The van der Waals surface area contributed by atoms with E-state index in [0.29, 0.717) is 6.54 Å². The minimum Gasteiger partial charge on any atom is -0.476 e. The van der Waals surface area contributed by atoms with Gasteiger partial charge in [-0.2, -0.15) is 5.10 Å². The van der Waals surface area contributed by atoms with Gasteiger partial charge in [0.2, 0.25) is 0 Å². The van der Waals surface area contributed by atoms with Crippen molar-refractivity contribution in [1.29, 1.82) is 0 Å². The first-order valence-electron chi connectivity index (χ1n) is 6.34. The van der Waals surface area contributed by atoms with Gasteiger partial charge in [-0.1, -0.05) is 43.7 Å². The Kier molecular flexibility index (Phi) is 3.69. The fourth-order valence-electron chi connectivity index (χ4n) is 2.11. The molecule has 4 nitrogen and oxygen atoms in total. The smallest absolute Gasteiger partial charge is 0.356 e. The lowest BCUT2D eigenvalue weighted by Crippen LogP contribution is -2.08. The lowest BCUT2D eigenvalue weighted by molar-refractivity contribution is 0.0689. The monoisotopic (exact) mass is 258 g/mol. The summed E-state index contributed by atoms with van der Waals surface area (Å²) in [5.41, 5.74) is 3.37. The maximum absolute atomic E-state index is 11.0. The van der Waals surface area contributed by atoms with Crippen molar-refractivity contribution in [1.82, 2.24) is 9.78 Å². The highest BCUT2D eigenvalue weighted by Crippen LogP contribution is 2.18. The van der Waals surface area contributed by atoms with E-state index >= 15 is 0 Å². The van der Waals surface area contributed by atoms with Gasteiger partial charge in [-0.3, -0.25) is 4.68 Å². The zero-order valence-electron chi connectivity index (χ0n) is 11.4. The van der Waals surface area contributed by atoms with Crippen LogP contribution in [0.2, 0.25) is 0 Å². The van der Waals surface area contributed by atoms with Gasteiger partial charge in [0.05, 0.1) is 6.54 Å². The number of hydrogen-bond donors (Lipinski definition) is 1. The van der Waals surface area contributed by atoms with Crippen molar-refractivity contribution in [3.63, 3.8) is 0 Å². The van der Waals surface area contributed by atoms with Gasteiger partial charge in [-0.25, -0.2) is 4.79 Å². The van der Waals surface area contributed by atoms with E-state index in [1.807, 2.05) is 39.0 Å².